The van der Waals surface area contributed by atoms with Gasteiger partial charge in [0.2, 0.25) is 5.95 Å². The van der Waals surface area contributed by atoms with Crippen molar-refractivity contribution < 1.29 is 4.74 Å². The van der Waals surface area contributed by atoms with E-state index in [1.54, 1.807) is 19.5 Å². The van der Waals surface area contributed by atoms with Crippen LogP contribution >= 0.6 is 0 Å². The molecule has 4 N–H and O–H groups in total. The van der Waals surface area contributed by atoms with Crippen LogP contribution in [0.1, 0.15) is 16.7 Å². The monoisotopic (exact) mass is 412 g/mol. The van der Waals surface area contributed by atoms with Gasteiger partial charge in [-0.05, 0) is 72.5 Å². The van der Waals surface area contributed by atoms with Gasteiger partial charge in [-0.2, -0.15) is 0 Å². The van der Waals surface area contributed by atoms with E-state index in [-0.39, 0.29) is 0 Å². The van der Waals surface area contributed by atoms with Gasteiger partial charge in [0.25, 0.3) is 0 Å². The van der Waals surface area contributed by atoms with E-state index in [0.717, 1.165) is 58.5 Å². The van der Waals surface area contributed by atoms with E-state index in [9.17, 15) is 0 Å². The minimum absolute atomic E-state index is 0.494. The minimum atomic E-state index is 0.494. The molecule has 2 aromatic heterocycles. The Labute approximate surface area is 180 Å². The Balaban J connectivity index is 1.55. The molecule has 3 heterocycles. The molecule has 2 aromatic carbocycles. The molecular weight excluding hydrogens is 388 g/mol. The number of nitrogens with two attached hydrogens (primary N) is 1. The van der Waals surface area contributed by atoms with Crippen LogP contribution in [0.25, 0.3) is 22.0 Å². The van der Waals surface area contributed by atoms with Crippen LogP contribution in [0, 0.1) is 6.92 Å². The summed E-state index contributed by atoms with van der Waals surface area (Å²) >= 11 is 0. The van der Waals surface area contributed by atoms with E-state index in [1.807, 2.05) is 24.4 Å². The number of hydrogen-bond donors (Lipinski definition) is 3. The van der Waals surface area contributed by atoms with E-state index in [1.165, 1.54) is 11.1 Å². The third-order valence-corrected chi connectivity index (χ3v) is 5.74. The van der Waals surface area contributed by atoms with E-state index >= 15 is 0 Å². The van der Waals surface area contributed by atoms with Gasteiger partial charge in [0.1, 0.15) is 5.75 Å². The molecule has 0 saturated heterocycles. The van der Waals surface area contributed by atoms with Crippen LogP contribution in [0.5, 0.6) is 5.75 Å². The molecule has 7 nitrogen and oxygen atoms in total. The van der Waals surface area contributed by atoms with Crippen molar-refractivity contribution in [2.45, 2.75) is 19.9 Å². The zero-order chi connectivity index (χ0) is 21.4. The van der Waals surface area contributed by atoms with Gasteiger partial charge in [0, 0.05) is 41.8 Å². The largest absolute Gasteiger partial charge is 0.495 e. The number of benzene rings is 2. The lowest BCUT2D eigenvalue weighted by atomic mass is 10.00. The number of rotatable bonds is 4. The Bertz CT molecular complexity index is 1290. The normalized spacial score (nSPS) is 13.1. The summed E-state index contributed by atoms with van der Waals surface area (Å²) in [6, 6.07) is 10.2. The van der Waals surface area contributed by atoms with E-state index < -0.39 is 0 Å². The highest BCUT2D eigenvalue weighted by Gasteiger charge is 2.15. The molecule has 1 aliphatic rings. The molecule has 0 bridgehead atoms. The van der Waals surface area contributed by atoms with Crippen molar-refractivity contribution in [2.75, 3.05) is 24.7 Å². The molecular formula is C24H24N6O. The Hall–Kier alpha value is -3.71. The lowest BCUT2D eigenvalue weighted by Crippen LogP contribution is -2.23. The molecule has 5 rings (SSSR count). The number of pyridine rings is 1. The van der Waals surface area contributed by atoms with Crippen LogP contribution in [-0.4, -0.2) is 28.6 Å². The zero-order valence-electron chi connectivity index (χ0n) is 17.6. The van der Waals surface area contributed by atoms with Gasteiger partial charge in [-0.25, -0.2) is 9.97 Å². The average molecular weight is 412 g/mol. The van der Waals surface area contributed by atoms with Crippen molar-refractivity contribution in [2.24, 2.45) is 0 Å². The third-order valence-electron chi connectivity index (χ3n) is 5.74. The summed E-state index contributed by atoms with van der Waals surface area (Å²) in [5.41, 5.74) is 14.3. The average Bonchev–Trinajstić information content (AvgIpc) is 2.78. The van der Waals surface area contributed by atoms with E-state index in [4.69, 9.17) is 15.5 Å². The summed E-state index contributed by atoms with van der Waals surface area (Å²) in [4.78, 5) is 13.5. The van der Waals surface area contributed by atoms with Crippen LogP contribution in [-0.2, 0) is 13.0 Å². The summed E-state index contributed by atoms with van der Waals surface area (Å²) in [5.74, 6) is 1.28. The highest BCUT2D eigenvalue weighted by atomic mass is 16.5. The van der Waals surface area contributed by atoms with Gasteiger partial charge in [-0.15, -0.1) is 0 Å². The molecule has 4 aromatic rings. The lowest BCUT2D eigenvalue weighted by molar-refractivity contribution is 0.415. The maximum Gasteiger partial charge on any atom is 0.227 e. The number of anilines is 3. The number of nitrogen functional groups attached to an aromatic ring is 1. The molecule has 0 aliphatic carbocycles. The predicted molar refractivity (Wildman–Crippen MR) is 124 cm³/mol. The summed E-state index contributed by atoms with van der Waals surface area (Å²) in [5, 5.41) is 7.55. The lowest BCUT2D eigenvalue weighted by Gasteiger charge is -2.20. The number of nitrogens with zero attached hydrogens (tertiary/aromatic N) is 3. The molecule has 0 radical (unpaired) electrons. The third kappa shape index (κ3) is 3.64. The first-order valence-corrected chi connectivity index (χ1v) is 10.3. The second-order valence-corrected chi connectivity index (χ2v) is 7.76. The van der Waals surface area contributed by atoms with Gasteiger partial charge < -0.3 is 21.1 Å². The fourth-order valence-electron chi connectivity index (χ4n) is 4.04. The second-order valence-electron chi connectivity index (χ2n) is 7.76. The SMILES string of the molecule is COc1cc2c(cc1Nc1ncc3c(N)cc(-c4cnccc4C)cc3n1)CNCC2. The Morgan fingerprint density at radius 3 is 2.87 bits per heavy atom. The van der Waals surface area contributed by atoms with E-state index in [2.05, 4.69) is 39.7 Å². The number of hydrogen-bond acceptors (Lipinski definition) is 7. The van der Waals surface area contributed by atoms with Crippen LogP contribution < -0.4 is 21.1 Å². The fourth-order valence-corrected chi connectivity index (χ4v) is 4.04. The molecule has 0 saturated carbocycles. The van der Waals surface area contributed by atoms with Gasteiger partial charge in [0.05, 0.1) is 18.3 Å². The molecule has 0 amide bonds. The number of aryl methyl sites for hydroxylation is 1. The topological polar surface area (TPSA) is 98.0 Å². The predicted octanol–water partition coefficient (Wildman–Crippen LogP) is 3.98. The molecule has 7 heteroatoms. The molecule has 31 heavy (non-hydrogen) atoms. The van der Waals surface area contributed by atoms with Crippen molar-refractivity contribution in [3.63, 3.8) is 0 Å². The van der Waals surface area contributed by atoms with Gasteiger partial charge in [-0.1, -0.05) is 0 Å². The highest BCUT2D eigenvalue weighted by molar-refractivity contribution is 5.94. The molecule has 0 spiro atoms. The molecule has 1 aliphatic heterocycles. The van der Waals surface area contributed by atoms with Crippen molar-refractivity contribution >= 4 is 28.2 Å². The highest BCUT2D eigenvalue weighted by Crippen LogP contribution is 2.33. The number of ether oxygens (including phenoxy) is 1. The minimum Gasteiger partial charge on any atom is -0.495 e. The number of nitrogens with one attached hydrogen (secondary N) is 2. The Morgan fingerprint density at radius 2 is 2.03 bits per heavy atom. The molecule has 156 valence electrons. The van der Waals surface area contributed by atoms with Gasteiger partial charge >= 0.3 is 0 Å². The Kier molecular flexibility index (Phi) is 4.88. The Morgan fingerprint density at radius 1 is 1.13 bits per heavy atom. The molecule has 0 fully saturated rings. The van der Waals surface area contributed by atoms with Crippen molar-refractivity contribution in [3.8, 4) is 16.9 Å². The zero-order valence-corrected chi connectivity index (χ0v) is 17.6. The standard InChI is InChI=1S/C24H24N6O/c1-14-3-5-27-12-18(14)16-7-20(25)19-13-28-24(29-21(19)8-16)30-22-9-17-11-26-6-4-15(17)10-23(22)31-2/h3,5,7-10,12-13,26H,4,6,11,25H2,1-2H3,(H,28,29,30). The van der Waals surface area contributed by atoms with Crippen molar-refractivity contribution in [1.29, 1.82) is 0 Å². The quantitative estimate of drug-likeness (QED) is 0.436. The summed E-state index contributed by atoms with van der Waals surface area (Å²) in [6.45, 7) is 3.88. The van der Waals surface area contributed by atoms with Crippen LogP contribution in [0.4, 0.5) is 17.3 Å². The number of aromatic nitrogens is 3. The summed E-state index contributed by atoms with van der Waals surface area (Å²) < 4.78 is 5.61. The first-order chi connectivity index (χ1) is 15.1. The van der Waals surface area contributed by atoms with Crippen molar-refractivity contribution in [1.82, 2.24) is 20.3 Å². The van der Waals surface area contributed by atoms with Crippen LogP contribution in [0.3, 0.4) is 0 Å². The maximum absolute atomic E-state index is 6.32. The molecule has 0 unspecified atom stereocenters. The van der Waals surface area contributed by atoms with E-state index in [0.29, 0.717) is 11.6 Å². The maximum atomic E-state index is 6.32. The summed E-state index contributed by atoms with van der Waals surface area (Å²) in [6.07, 6.45) is 6.39. The van der Waals surface area contributed by atoms with Gasteiger partial charge in [-0.3, -0.25) is 4.98 Å². The second kappa shape index (κ2) is 7.85. The molecule has 0 atom stereocenters. The first kappa shape index (κ1) is 19.3. The smallest absolute Gasteiger partial charge is 0.227 e. The van der Waals surface area contributed by atoms with Crippen LogP contribution in [0.15, 0.2) is 48.9 Å². The fraction of sp³-hybridized carbons (Fsp3) is 0.208. The first-order valence-electron chi connectivity index (χ1n) is 10.3. The summed E-state index contributed by atoms with van der Waals surface area (Å²) in [7, 11) is 1.68. The van der Waals surface area contributed by atoms with Crippen LogP contribution in [0.2, 0.25) is 0 Å². The van der Waals surface area contributed by atoms with Gasteiger partial charge in [0.15, 0.2) is 0 Å². The van der Waals surface area contributed by atoms with Crippen molar-refractivity contribution in [3.05, 3.63) is 65.6 Å². The number of methoxy groups -OCH3 is 1. The number of fused-ring (bicyclic) bond motifs is 2.